The second-order valence-electron chi connectivity index (χ2n) is 2.01. The molecule has 0 atom stereocenters. The summed E-state index contributed by atoms with van der Waals surface area (Å²) in [6.07, 6.45) is 0. The molecule has 0 radical (unpaired) electrons. The highest BCUT2D eigenvalue weighted by Crippen LogP contribution is 2.16. The number of aromatic nitrogens is 3. The minimum absolute atomic E-state index is 0.0278. The lowest BCUT2D eigenvalue weighted by molar-refractivity contribution is -0.117. The Morgan fingerprint density at radius 2 is 1.91 bits per heavy atom. The van der Waals surface area contributed by atoms with Crippen molar-refractivity contribution >= 4 is 37.6 Å². The summed E-state index contributed by atoms with van der Waals surface area (Å²) >= 11 is 6.31. The normalized spacial score (nSPS) is 10.1. The van der Waals surface area contributed by atoms with Crippen molar-refractivity contribution in [1.29, 1.82) is 0 Å². The molecule has 0 spiro atoms. The fourth-order valence-corrected chi connectivity index (χ4v) is 1.10. The van der Waals surface area contributed by atoms with E-state index in [0.717, 1.165) is 0 Å². The van der Waals surface area contributed by atoms with E-state index in [1.165, 1.54) is 11.7 Å². The molecule has 1 rings (SSSR count). The lowest BCUT2D eigenvalue weighted by Crippen LogP contribution is -2.09. The number of carbonyl (C=O) groups excluding carboxylic acids is 1. The monoisotopic (exact) mass is 281 g/mol. The quantitative estimate of drug-likeness (QED) is 0.824. The van der Waals surface area contributed by atoms with Gasteiger partial charge < -0.3 is 0 Å². The molecule has 0 amide bonds. The predicted octanol–water partition coefficient (Wildman–Crippen LogP) is 1.39. The molecule has 0 fully saturated rings. The van der Waals surface area contributed by atoms with Gasteiger partial charge in [-0.25, -0.2) is 0 Å². The third-order valence-electron chi connectivity index (χ3n) is 0.941. The van der Waals surface area contributed by atoms with Crippen LogP contribution < -0.4 is 0 Å². The van der Waals surface area contributed by atoms with Gasteiger partial charge in [-0.05, 0) is 38.8 Å². The fourth-order valence-electron chi connectivity index (χ4n) is 0.577. The topological polar surface area (TPSA) is 47.8 Å². The molecule has 0 aliphatic carbocycles. The van der Waals surface area contributed by atoms with Crippen LogP contribution in [0.5, 0.6) is 0 Å². The van der Waals surface area contributed by atoms with Crippen LogP contribution in [0.3, 0.4) is 0 Å². The zero-order valence-electron chi connectivity index (χ0n) is 5.71. The van der Waals surface area contributed by atoms with Crippen LogP contribution in [0.1, 0.15) is 6.92 Å². The van der Waals surface area contributed by atoms with Gasteiger partial charge in [-0.15, -0.1) is 10.2 Å². The highest BCUT2D eigenvalue weighted by Gasteiger charge is 2.05. The Hall–Kier alpha value is -0.230. The van der Waals surface area contributed by atoms with E-state index in [-0.39, 0.29) is 12.3 Å². The van der Waals surface area contributed by atoms with Crippen molar-refractivity contribution in [3.8, 4) is 0 Å². The molecule has 0 N–H and O–H groups in total. The Labute approximate surface area is 80.2 Å². The van der Waals surface area contributed by atoms with Gasteiger partial charge in [-0.3, -0.25) is 4.79 Å². The minimum Gasteiger partial charge on any atom is -0.298 e. The lowest BCUT2D eigenvalue weighted by atomic mass is 10.5. The standard InChI is InChI=1S/C5H5Br2N3O/c1-3(11)2-10-8-4(6)5(7)9-10/h2H2,1H3. The second-order valence-corrected chi connectivity index (χ2v) is 3.52. The van der Waals surface area contributed by atoms with Crippen LogP contribution in [0, 0.1) is 0 Å². The number of nitrogens with zero attached hydrogens (tertiary/aromatic N) is 3. The van der Waals surface area contributed by atoms with Crippen LogP contribution in [-0.2, 0) is 11.3 Å². The van der Waals surface area contributed by atoms with Crippen molar-refractivity contribution in [3.05, 3.63) is 9.21 Å². The molecule has 1 aromatic heterocycles. The van der Waals surface area contributed by atoms with Crippen molar-refractivity contribution in [2.24, 2.45) is 0 Å². The molecule has 1 aromatic rings. The minimum atomic E-state index is 0.0278. The first-order chi connectivity index (χ1) is 5.09. The van der Waals surface area contributed by atoms with Gasteiger partial charge in [0.05, 0.1) is 0 Å². The Morgan fingerprint density at radius 1 is 1.45 bits per heavy atom. The Kier molecular flexibility index (Phi) is 2.78. The van der Waals surface area contributed by atoms with Gasteiger partial charge in [0.25, 0.3) is 0 Å². The average molecular weight is 283 g/mol. The summed E-state index contributed by atoms with van der Waals surface area (Å²) < 4.78 is 1.22. The smallest absolute Gasteiger partial charge is 0.162 e. The van der Waals surface area contributed by atoms with Crippen molar-refractivity contribution in [3.63, 3.8) is 0 Å². The van der Waals surface area contributed by atoms with Gasteiger partial charge >= 0.3 is 0 Å². The summed E-state index contributed by atoms with van der Waals surface area (Å²) in [5.74, 6) is 0.0278. The van der Waals surface area contributed by atoms with Crippen LogP contribution in [-0.4, -0.2) is 20.8 Å². The maximum absolute atomic E-state index is 10.6. The number of rotatable bonds is 2. The Balaban J connectivity index is 2.81. The average Bonchev–Trinajstić information content (AvgIpc) is 2.10. The molecule has 0 saturated heterocycles. The Bertz CT molecular complexity index is 264. The first-order valence-corrected chi connectivity index (χ1v) is 4.44. The van der Waals surface area contributed by atoms with Crippen molar-refractivity contribution < 1.29 is 4.79 Å². The molecule has 11 heavy (non-hydrogen) atoms. The van der Waals surface area contributed by atoms with E-state index in [4.69, 9.17) is 0 Å². The van der Waals surface area contributed by atoms with Crippen molar-refractivity contribution in [1.82, 2.24) is 15.0 Å². The number of halogens is 2. The molecule has 0 aliphatic rings. The van der Waals surface area contributed by atoms with Gasteiger partial charge in [-0.1, -0.05) is 0 Å². The van der Waals surface area contributed by atoms with Gasteiger partial charge in [0.1, 0.15) is 6.54 Å². The number of hydrogen-bond acceptors (Lipinski definition) is 3. The van der Waals surface area contributed by atoms with E-state index in [1.807, 2.05) is 0 Å². The van der Waals surface area contributed by atoms with E-state index in [9.17, 15) is 4.79 Å². The summed E-state index contributed by atoms with van der Waals surface area (Å²) in [7, 11) is 0. The van der Waals surface area contributed by atoms with Gasteiger partial charge in [0.15, 0.2) is 15.0 Å². The summed E-state index contributed by atoms with van der Waals surface area (Å²) in [6.45, 7) is 1.70. The molecule has 4 nitrogen and oxygen atoms in total. The van der Waals surface area contributed by atoms with E-state index < -0.39 is 0 Å². The Morgan fingerprint density at radius 3 is 2.27 bits per heavy atom. The SMILES string of the molecule is CC(=O)Cn1nc(Br)c(Br)n1. The van der Waals surface area contributed by atoms with Crippen LogP contribution >= 0.6 is 31.9 Å². The molecule has 1 heterocycles. The highest BCUT2D eigenvalue weighted by molar-refractivity contribution is 9.13. The molecular formula is C5H5Br2N3O. The molecule has 0 aromatic carbocycles. The second kappa shape index (κ2) is 3.44. The van der Waals surface area contributed by atoms with Gasteiger partial charge in [-0.2, -0.15) is 4.80 Å². The van der Waals surface area contributed by atoms with E-state index in [2.05, 4.69) is 42.1 Å². The number of Topliss-reactive ketones (excluding diaryl/α,β-unsaturated/α-hetero) is 1. The summed E-state index contributed by atoms with van der Waals surface area (Å²) in [6, 6.07) is 0. The van der Waals surface area contributed by atoms with Gasteiger partial charge in [0, 0.05) is 0 Å². The zero-order chi connectivity index (χ0) is 8.43. The van der Waals surface area contributed by atoms with Gasteiger partial charge in [0.2, 0.25) is 0 Å². The third kappa shape index (κ3) is 2.37. The lowest BCUT2D eigenvalue weighted by Gasteiger charge is -1.90. The maximum atomic E-state index is 10.6. The molecule has 0 unspecified atom stereocenters. The predicted molar refractivity (Wildman–Crippen MR) is 46.1 cm³/mol. The molecule has 0 saturated carbocycles. The van der Waals surface area contributed by atoms with Crippen molar-refractivity contribution in [2.45, 2.75) is 13.5 Å². The summed E-state index contributed by atoms with van der Waals surface area (Å²) in [4.78, 5) is 11.9. The molecule has 60 valence electrons. The zero-order valence-corrected chi connectivity index (χ0v) is 8.88. The first kappa shape index (κ1) is 8.86. The molecule has 6 heteroatoms. The first-order valence-electron chi connectivity index (χ1n) is 2.85. The summed E-state index contributed by atoms with van der Waals surface area (Å²) in [5, 5.41) is 7.81. The van der Waals surface area contributed by atoms with Crippen LogP contribution in [0.2, 0.25) is 0 Å². The van der Waals surface area contributed by atoms with E-state index in [1.54, 1.807) is 0 Å². The van der Waals surface area contributed by atoms with Crippen molar-refractivity contribution in [2.75, 3.05) is 0 Å². The van der Waals surface area contributed by atoms with Crippen LogP contribution in [0.4, 0.5) is 0 Å². The van der Waals surface area contributed by atoms with Crippen LogP contribution in [0.25, 0.3) is 0 Å². The molecule has 0 aliphatic heterocycles. The number of hydrogen-bond donors (Lipinski definition) is 0. The highest BCUT2D eigenvalue weighted by atomic mass is 79.9. The summed E-state index contributed by atoms with van der Waals surface area (Å²) in [5.41, 5.74) is 0. The largest absolute Gasteiger partial charge is 0.298 e. The number of carbonyl (C=O) groups is 1. The maximum Gasteiger partial charge on any atom is 0.162 e. The van der Waals surface area contributed by atoms with E-state index in [0.29, 0.717) is 9.21 Å². The van der Waals surface area contributed by atoms with Crippen LogP contribution in [0.15, 0.2) is 9.21 Å². The molecule has 0 bridgehead atoms. The number of ketones is 1. The fraction of sp³-hybridized carbons (Fsp3) is 0.400. The third-order valence-corrected chi connectivity index (χ3v) is 2.54. The van der Waals surface area contributed by atoms with E-state index >= 15 is 0 Å². The molecular weight excluding hydrogens is 278 g/mol.